The number of hydrogen-bond acceptors (Lipinski definition) is 9. The largest absolute Gasteiger partial charge is 0.466 e. The van der Waals surface area contributed by atoms with Crippen LogP contribution >= 0.6 is 0 Å². The van der Waals surface area contributed by atoms with Gasteiger partial charge >= 0.3 is 17.9 Å². The van der Waals surface area contributed by atoms with Crippen molar-refractivity contribution >= 4 is 35.0 Å². The quantitative estimate of drug-likeness (QED) is 0.0451. The molecule has 0 aromatic heterocycles. The van der Waals surface area contributed by atoms with Gasteiger partial charge in [0.1, 0.15) is 0 Å². The van der Waals surface area contributed by atoms with E-state index in [1.165, 1.54) is 22.4 Å². The van der Waals surface area contributed by atoms with Gasteiger partial charge in [0, 0.05) is 56.5 Å². The summed E-state index contributed by atoms with van der Waals surface area (Å²) < 4.78 is 14.7. The Bertz CT molecular complexity index is 1880. The smallest absolute Gasteiger partial charge is 0.306 e. The van der Waals surface area contributed by atoms with Gasteiger partial charge in [-0.15, -0.1) is 0 Å². The van der Waals surface area contributed by atoms with Crippen LogP contribution < -0.4 is 16.0 Å². The lowest BCUT2D eigenvalue weighted by atomic mass is 10.1. The van der Waals surface area contributed by atoms with Gasteiger partial charge in [0.2, 0.25) is 0 Å². The molecule has 3 N–H and O–H groups in total. The van der Waals surface area contributed by atoms with E-state index < -0.39 is 0 Å². The van der Waals surface area contributed by atoms with Gasteiger partial charge in [-0.2, -0.15) is 0 Å². The first-order chi connectivity index (χ1) is 28.7. The predicted octanol–water partition coefficient (Wildman–Crippen LogP) is 9.46. The highest BCUT2D eigenvalue weighted by Crippen LogP contribution is 2.16. The summed E-state index contributed by atoms with van der Waals surface area (Å²) in [5, 5.41) is 3.41. The maximum absolute atomic E-state index is 11.4. The van der Waals surface area contributed by atoms with Crippen molar-refractivity contribution in [3.63, 3.8) is 0 Å². The third-order valence-electron chi connectivity index (χ3n) is 9.24. The van der Waals surface area contributed by atoms with Crippen LogP contribution in [0.1, 0.15) is 67.9 Å². The molecule has 0 bridgehead atoms. The van der Waals surface area contributed by atoms with Crippen molar-refractivity contribution in [2.45, 2.75) is 72.1 Å². The van der Waals surface area contributed by atoms with Crippen LogP contribution in [0.4, 0.5) is 17.1 Å². The van der Waals surface area contributed by atoms with E-state index in [1.54, 1.807) is 6.92 Å². The first-order valence-electron chi connectivity index (χ1n) is 20.7. The van der Waals surface area contributed by atoms with E-state index in [-0.39, 0.29) is 17.9 Å². The van der Waals surface area contributed by atoms with E-state index in [9.17, 15) is 14.4 Å². The van der Waals surface area contributed by atoms with Crippen molar-refractivity contribution in [2.24, 2.45) is 0 Å². The molecule has 0 spiro atoms. The molecule has 9 nitrogen and oxygen atoms in total. The maximum atomic E-state index is 11.4. The van der Waals surface area contributed by atoms with Crippen LogP contribution in [0.3, 0.4) is 0 Å². The minimum absolute atomic E-state index is 0.128. The number of nitrogens with one attached hydrogen (secondary N) is 1. The Labute approximate surface area is 351 Å². The molecule has 0 atom stereocenters. The number of hydrogen-bond donors (Lipinski definition) is 2. The lowest BCUT2D eigenvalue weighted by molar-refractivity contribution is -0.144. The molecule has 5 rings (SSSR count). The van der Waals surface area contributed by atoms with Crippen LogP contribution in [0, 0.1) is 0 Å². The highest BCUT2D eigenvalue weighted by molar-refractivity contribution is 5.70. The zero-order chi connectivity index (χ0) is 42.5. The number of nitrogens with zero attached hydrogens (tertiary/aromatic N) is 1. The molecule has 0 aliphatic carbocycles. The number of nitrogens with two attached hydrogens (primary N) is 1. The zero-order valence-electron chi connectivity index (χ0n) is 35.4. The monoisotopic (exact) mass is 801 g/mol. The Kier molecular flexibility index (Phi) is 22.7. The van der Waals surface area contributed by atoms with Gasteiger partial charge in [-0.25, -0.2) is 0 Å². The van der Waals surface area contributed by atoms with Gasteiger partial charge in [-0.3, -0.25) is 14.4 Å². The van der Waals surface area contributed by atoms with Crippen LogP contribution in [-0.4, -0.2) is 57.9 Å². The number of aryl methyl sites for hydroxylation is 3. The minimum Gasteiger partial charge on any atom is -0.466 e. The summed E-state index contributed by atoms with van der Waals surface area (Å²) >= 11 is 0. The fourth-order valence-corrected chi connectivity index (χ4v) is 5.90. The third-order valence-corrected chi connectivity index (χ3v) is 9.24. The van der Waals surface area contributed by atoms with Gasteiger partial charge in [0.15, 0.2) is 0 Å². The van der Waals surface area contributed by atoms with Crippen molar-refractivity contribution in [1.82, 2.24) is 0 Å². The van der Waals surface area contributed by atoms with E-state index in [2.05, 4.69) is 114 Å². The molecule has 0 fully saturated rings. The summed E-state index contributed by atoms with van der Waals surface area (Å²) in [6.07, 6.45) is 5.51. The van der Waals surface area contributed by atoms with Crippen LogP contribution in [0.5, 0.6) is 0 Å². The summed E-state index contributed by atoms with van der Waals surface area (Å²) in [5.74, 6) is -0.409. The first-order valence-corrected chi connectivity index (χ1v) is 20.7. The number of nitrogen functional groups attached to an aromatic ring is 1. The number of likely N-dealkylation sites (N-methyl/N-ethyl adjacent to an activating group) is 1. The van der Waals surface area contributed by atoms with E-state index >= 15 is 0 Å². The van der Waals surface area contributed by atoms with Crippen molar-refractivity contribution in [3.05, 3.63) is 161 Å². The van der Waals surface area contributed by atoms with E-state index in [0.717, 1.165) is 61.3 Å². The second kappa shape index (κ2) is 28.3. The number of rotatable bonds is 20. The fourth-order valence-electron chi connectivity index (χ4n) is 5.90. The Balaban J connectivity index is 0.000000244. The van der Waals surface area contributed by atoms with Gasteiger partial charge < -0.3 is 30.2 Å². The fraction of sp³-hybridized carbons (Fsp3) is 0.340. The molecule has 0 aliphatic rings. The summed E-state index contributed by atoms with van der Waals surface area (Å²) in [4.78, 5) is 36.0. The summed E-state index contributed by atoms with van der Waals surface area (Å²) in [6, 6.07) is 45.1. The van der Waals surface area contributed by atoms with Crippen LogP contribution in [0.25, 0.3) is 0 Å². The summed E-state index contributed by atoms with van der Waals surface area (Å²) in [7, 11) is 2.11. The minimum atomic E-state index is -0.149. The Morgan fingerprint density at radius 1 is 0.492 bits per heavy atom. The molecule has 0 heterocycles. The molecule has 9 heteroatoms. The number of ether oxygens (including phenoxy) is 3. The summed E-state index contributed by atoms with van der Waals surface area (Å²) in [5.41, 5.74) is 14.7. The number of carbonyl (C=O) groups is 3. The SMILES string of the molecule is CCOC(=O)CCc1ccc(N(C)CCc2ccccc2)cc1.CCOC(=O)CCc1ccc(N)cc1.CCOC(=O)CCc1ccc(NCCc2ccccc2)cc1. The molecule has 0 aliphatic heterocycles. The normalized spacial score (nSPS) is 10.2. The Morgan fingerprint density at radius 2 is 0.864 bits per heavy atom. The van der Waals surface area contributed by atoms with Gasteiger partial charge in [-0.1, -0.05) is 97.1 Å². The van der Waals surface area contributed by atoms with Crippen LogP contribution in [-0.2, 0) is 60.7 Å². The van der Waals surface area contributed by atoms with Gasteiger partial charge in [-0.05, 0) is 117 Å². The molecule has 0 saturated heterocycles. The van der Waals surface area contributed by atoms with Gasteiger partial charge in [0.25, 0.3) is 0 Å². The average molecular weight is 802 g/mol. The highest BCUT2D eigenvalue weighted by Gasteiger charge is 2.06. The van der Waals surface area contributed by atoms with E-state index in [4.69, 9.17) is 19.9 Å². The number of carbonyl (C=O) groups excluding carboxylic acids is 3. The molecular formula is C50H63N3O6. The second-order valence-corrected chi connectivity index (χ2v) is 13.8. The first kappa shape index (κ1) is 47.3. The molecule has 5 aromatic rings. The molecule has 0 amide bonds. The molecular weight excluding hydrogens is 739 g/mol. The van der Waals surface area contributed by atoms with Crippen LogP contribution in [0.15, 0.2) is 133 Å². The second-order valence-electron chi connectivity index (χ2n) is 13.8. The molecule has 5 aromatic carbocycles. The highest BCUT2D eigenvalue weighted by atomic mass is 16.5. The Morgan fingerprint density at radius 3 is 1.29 bits per heavy atom. The van der Waals surface area contributed by atoms with Crippen molar-refractivity contribution < 1.29 is 28.6 Å². The van der Waals surface area contributed by atoms with Gasteiger partial charge in [0.05, 0.1) is 19.8 Å². The summed E-state index contributed by atoms with van der Waals surface area (Å²) in [6.45, 7) is 8.69. The Hall–Kier alpha value is -6.09. The molecule has 0 saturated carbocycles. The number of anilines is 3. The zero-order valence-corrected chi connectivity index (χ0v) is 35.4. The van der Waals surface area contributed by atoms with Crippen molar-refractivity contribution in [2.75, 3.05) is 55.9 Å². The lowest BCUT2D eigenvalue weighted by Gasteiger charge is -2.19. The van der Waals surface area contributed by atoms with Crippen molar-refractivity contribution in [1.29, 1.82) is 0 Å². The lowest BCUT2D eigenvalue weighted by Crippen LogP contribution is -2.20. The third kappa shape index (κ3) is 20.8. The van der Waals surface area contributed by atoms with Crippen molar-refractivity contribution in [3.8, 4) is 0 Å². The average Bonchev–Trinajstić information content (AvgIpc) is 3.26. The molecule has 0 unspecified atom stereocenters. The maximum Gasteiger partial charge on any atom is 0.306 e. The standard InChI is InChI=1S/C20H25NO2.C19H23NO2.C11H15NO2/c1-3-23-20(22)14-11-18-9-12-19(13-10-18)21(2)16-15-17-7-5-4-6-8-17;1-2-22-19(21)13-10-17-8-11-18(12-9-17)20-15-14-16-6-4-3-5-7-16;1-2-14-11(13)8-5-9-3-6-10(12)7-4-9/h4-10,12-13H,3,11,14-16H2,1-2H3;3-9,11-12,20H,2,10,13-15H2,1H3;3-4,6-7H,2,5,8,12H2,1H3. The molecule has 314 valence electrons. The van der Waals surface area contributed by atoms with E-state index in [1.807, 2.05) is 50.2 Å². The van der Waals surface area contributed by atoms with E-state index in [0.29, 0.717) is 45.5 Å². The molecule has 59 heavy (non-hydrogen) atoms. The topological polar surface area (TPSA) is 120 Å². The molecule has 0 radical (unpaired) electrons. The van der Waals surface area contributed by atoms with Crippen LogP contribution in [0.2, 0.25) is 0 Å². The number of benzene rings is 5. The number of esters is 3. The predicted molar refractivity (Wildman–Crippen MR) is 241 cm³/mol.